The van der Waals surface area contributed by atoms with E-state index in [4.69, 9.17) is 17.0 Å². The van der Waals surface area contributed by atoms with Gasteiger partial charge in [0, 0.05) is 18.8 Å². The van der Waals surface area contributed by atoms with Crippen molar-refractivity contribution in [1.29, 1.82) is 0 Å². The van der Waals surface area contributed by atoms with E-state index in [-0.39, 0.29) is 12.0 Å². The highest BCUT2D eigenvalue weighted by molar-refractivity contribution is 7.80. The molecule has 136 valence electrons. The molecule has 5 nitrogen and oxygen atoms in total. The molecular weight excluding hydrogens is 346 g/mol. The van der Waals surface area contributed by atoms with Gasteiger partial charge in [-0.05, 0) is 56.2 Å². The molecular formula is C20H23N3O2S. The van der Waals surface area contributed by atoms with Gasteiger partial charge in [0.15, 0.2) is 5.11 Å². The fraction of sp³-hybridized carbons (Fsp3) is 0.300. The molecule has 0 aromatic heterocycles. The van der Waals surface area contributed by atoms with Gasteiger partial charge in [0.1, 0.15) is 0 Å². The molecule has 1 aliphatic heterocycles. The van der Waals surface area contributed by atoms with Crippen molar-refractivity contribution in [3.63, 3.8) is 0 Å². The minimum Gasteiger partial charge on any atom is -0.376 e. The second-order valence-corrected chi connectivity index (χ2v) is 6.74. The number of aryl methyl sites for hydroxylation is 1. The number of rotatable bonds is 5. The number of carbonyl (C=O) groups excluding carboxylic acids is 1. The van der Waals surface area contributed by atoms with E-state index >= 15 is 0 Å². The molecule has 26 heavy (non-hydrogen) atoms. The van der Waals surface area contributed by atoms with Gasteiger partial charge in [-0.1, -0.05) is 29.8 Å². The molecule has 1 amide bonds. The van der Waals surface area contributed by atoms with Gasteiger partial charge < -0.3 is 20.7 Å². The normalized spacial score (nSPS) is 16.1. The average Bonchev–Trinajstić information content (AvgIpc) is 3.16. The Hall–Kier alpha value is -2.44. The summed E-state index contributed by atoms with van der Waals surface area (Å²) in [6.45, 7) is 3.34. The molecule has 0 saturated carbocycles. The van der Waals surface area contributed by atoms with Crippen molar-refractivity contribution in [2.45, 2.75) is 25.9 Å². The molecule has 1 aliphatic rings. The first kappa shape index (κ1) is 18.4. The van der Waals surface area contributed by atoms with Crippen LogP contribution < -0.4 is 16.0 Å². The zero-order valence-corrected chi connectivity index (χ0v) is 15.6. The van der Waals surface area contributed by atoms with Gasteiger partial charge in [0.2, 0.25) is 0 Å². The molecule has 0 aliphatic carbocycles. The van der Waals surface area contributed by atoms with Crippen LogP contribution in [0, 0.1) is 6.92 Å². The molecule has 1 fully saturated rings. The van der Waals surface area contributed by atoms with Crippen LogP contribution in [0.15, 0.2) is 48.5 Å². The Labute approximate surface area is 159 Å². The number of hydrogen-bond donors (Lipinski definition) is 3. The Balaban J connectivity index is 1.61. The number of thiocarbonyl (C=S) groups is 1. The first-order chi connectivity index (χ1) is 12.6. The van der Waals surface area contributed by atoms with E-state index < -0.39 is 0 Å². The standard InChI is InChI=1S/C20H23N3O2S/c1-14-8-10-15(11-9-14)22-20(26)23-18-7-3-2-6-17(18)19(24)21-13-16-5-4-12-25-16/h2-3,6-11,16H,4-5,12-13H2,1H3,(H,21,24)(H2,22,23,26)/t16-/m1/s1. The predicted molar refractivity (Wildman–Crippen MR) is 109 cm³/mol. The quantitative estimate of drug-likeness (QED) is 0.701. The summed E-state index contributed by atoms with van der Waals surface area (Å²) in [5.41, 5.74) is 3.30. The molecule has 1 atom stereocenters. The maximum Gasteiger partial charge on any atom is 0.253 e. The van der Waals surface area contributed by atoms with E-state index in [1.165, 1.54) is 5.56 Å². The summed E-state index contributed by atoms with van der Waals surface area (Å²) < 4.78 is 5.55. The van der Waals surface area contributed by atoms with Crippen LogP contribution in [0.3, 0.4) is 0 Å². The molecule has 0 radical (unpaired) electrons. The lowest BCUT2D eigenvalue weighted by atomic mass is 10.1. The van der Waals surface area contributed by atoms with Crippen LogP contribution in [0.5, 0.6) is 0 Å². The van der Waals surface area contributed by atoms with E-state index in [2.05, 4.69) is 16.0 Å². The summed E-state index contributed by atoms with van der Waals surface area (Å²) in [5, 5.41) is 9.62. The monoisotopic (exact) mass is 369 g/mol. The third-order valence-corrected chi connectivity index (χ3v) is 4.45. The summed E-state index contributed by atoms with van der Waals surface area (Å²) in [5.74, 6) is -0.137. The van der Waals surface area contributed by atoms with Crippen LogP contribution in [0.25, 0.3) is 0 Å². The molecule has 0 bridgehead atoms. The highest BCUT2D eigenvalue weighted by Gasteiger charge is 2.18. The van der Waals surface area contributed by atoms with E-state index in [0.29, 0.717) is 22.9 Å². The van der Waals surface area contributed by atoms with E-state index in [1.807, 2.05) is 49.4 Å². The number of anilines is 2. The first-order valence-corrected chi connectivity index (χ1v) is 9.16. The summed E-state index contributed by atoms with van der Waals surface area (Å²) >= 11 is 5.38. The van der Waals surface area contributed by atoms with Gasteiger partial charge in [-0.2, -0.15) is 0 Å². The number of para-hydroxylation sites is 1. The second-order valence-electron chi connectivity index (χ2n) is 6.34. The second kappa shape index (κ2) is 8.78. The van der Waals surface area contributed by atoms with E-state index in [9.17, 15) is 4.79 Å². The van der Waals surface area contributed by atoms with Crippen molar-refractivity contribution < 1.29 is 9.53 Å². The number of carbonyl (C=O) groups is 1. The maximum atomic E-state index is 12.5. The van der Waals surface area contributed by atoms with Crippen molar-refractivity contribution in [3.05, 3.63) is 59.7 Å². The molecule has 0 unspecified atom stereocenters. The maximum absolute atomic E-state index is 12.5. The Morgan fingerprint density at radius 3 is 2.65 bits per heavy atom. The fourth-order valence-electron chi connectivity index (χ4n) is 2.82. The SMILES string of the molecule is Cc1ccc(NC(=S)Nc2ccccc2C(=O)NC[C@H]2CCCO2)cc1. The summed E-state index contributed by atoms with van der Waals surface area (Å²) in [6, 6.07) is 15.3. The third kappa shape index (κ3) is 5.03. The van der Waals surface area contributed by atoms with Crippen molar-refractivity contribution in [3.8, 4) is 0 Å². The van der Waals surface area contributed by atoms with Crippen molar-refractivity contribution in [2.24, 2.45) is 0 Å². The van der Waals surface area contributed by atoms with Crippen molar-refractivity contribution in [1.82, 2.24) is 5.32 Å². The lowest BCUT2D eigenvalue weighted by Crippen LogP contribution is -2.32. The zero-order chi connectivity index (χ0) is 18.4. The Morgan fingerprint density at radius 2 is 1.92 bits per heavy atom. The Bertz CT molecular complexity index is 771. The minimum atomic E-state index is -0.137. The van der Waals surface area contributed by atoms with Crippen molar-refractivity contribution >= 4 is 34.6 Å². The molecule has 6 heteroatoms. The number of nitrogens with one attached hydrogen (secondary N) is 3. The van der Waals surface area contributed by atoms with Gasteiger partial charge >= 0.3 is 0 Å². The Morgan fingerprint density at radius 1 is 1.15 bits per heavy atom. The molecule has 1 saturated heterocycles. The number of amides is 1. The molecule has 0 spiro atoms. The van der Waals surface area contributed by atoms with Gasteiger partial charge in [-0.25, -0.2) is 0 Å². The molecule has 3 rings (SSSR count). The zero-order valence-electron chi connectivity index (χ0n) is 14.7. The topological polar surface area (TPSA) is 62.4 Å². The van der Waals surface area contributed by atoms with Gasteiger partial charge in [0.05, 0.1) is 17.4 Å². The summed E-state index contributed by atoms with van der Waals surface area (Å²) in [6.07, 6.45) is 2.16. The van der Waals surface area contributed by atoms with Crippen LogP contribution >= 0.6 is 12.2 Å². The van der Waals surface area contributed by atoms with Crippen LogP contribution in [-0.2, 0) is 4.74 Å². The molecule has 2 aromatic carbocycles. The molecule has 1 heterocycles. The number of ether oxygens (including phenoxy) is 1. The average molecular weight is 369 g/mol. The highest BCUT2D eigenvalue weighted by atomic mass is 32.1. The van der Waals surface area contributed by atoms with Crippen LogP contribution in [0.2, 0.25) is 0 Å². The first-order valence-electron chi connectivity index (χ1n) is 8.75. The lowest BCUT2D eigenvalue weighted by molar-refractivity contribution is 0.0858. The summed E-state index contributed by atoms with van der Waals surface area (Å²) in [4.78, 5) is 12.5. The third-order valence-electron chi connectivity index (χ3n) is 4.24. The number of hydrogen-bond acceptors (Lipinski definition) is 3. The predicted octanol–water partition coefficient (Wildman–Crippen LogP) is 3.71. The van der Waals surface area contributed by atoms with Gasteiger partial charge in [0.25, 0.3) is 5.91 Å². The number of benzene rings is 2. The minimum absolute atomic E-state index is 0.114. The molecule has 3 N–H and O–H groups in total. The van der Waals surface area contributed by atoms with Crippen molar-refractivity contribution in [2.75, 3.05) is 23.8 Å². The van der Waals surface area contributed by atoms with E-state index in [0.717, 1.165) is 25.1 Å². The summed E-state index contributed by atoms with van der Waals surface area (Å²) in [7, 11) is 0. The van der Waals surface area contributed by atoms with Gasteiger partial charge in [-0.3, -0.25) is 4.79 Å². The van der Waals surface area contributed by atoms with E-state index in [1.54, 1.807) is 6.07 Å². The van der Waals surface area contributed by atoms with Crippen LogP contribution in [0.4, 0.5) is 11.4 Å². The molecule has 2 aromatic rings. The highest BCUT2D eigenvalue weighted by Crippen LogP contribution is 2.17. The largest absolute Gasteiger partial charge is 0.376 e. The fourth-order valence-corrected chi connectivity index (χ4v) is 3.05. The van der Waals surface area contributed by atoms with Gasteiger partial charge in [-0.15, -0.1) is 0 Å². The smallest absolute Gasteiger partial charge is 0.253 e. The Kier molecular flexibility index (Phi) is 6.20. The van der Waals surface area contributed by atoms with Crippen LogP contribution in [-0.4, -0.2) is 30.3 Å². The van der Waals surface area contributed by atoms with Crippen LogP contribution in [0.1, 0.15) is 28.8 Å². The lowest BCUT2D eigenvalue weighted by Gasteiger charge is -2.15.